The Bertz CT molecular complexity index is 875. The maximum atomic E-state index is 5.27. The summed E-state index contributed by atoms with van der Waals surface area (Å²) in [6, 6.07) is 16.1. The quantitative estimate of drug-likeness (QED) is 0.584. The van der Waals surface area contributed by atoms with Gasteiger partial charge < -0.3 is 0 Å². The van der Waals surface area contributed by atoms with E-state index in [0.29, 0.717) is 10.6 Å². The molecule has 1 aromatic heterocycles. The summed E-state index contributed by atoms with van der Waals surface area (Å²) in [6.07, 6.45) is 1.81. The Hall–Kier alpha value is -2.53. The maximum absolute atomic E-state index is 5.27. The van der Waals surface area contributed by atoms with Crippen LogP contribution in [0, 0.1) is 18.6 Å². The second-order valence-electron chi connectivity index (χ2n) is 5.13. The SMILES string of the molecule is Cc1ccc(/C=N/n2c(-c3ccccc3)n[nH]c2=S)c(C)c1. The van der Waals surface area contributed by atoms with Crippen LogP contribution in [0.5, 0.6) is 0 Å². The molecule has 110 valence electrons. The van der Waals surface area contributed by atoms with E-state index in [1.165, 1.54) is 11.1 Å². The molecule has 0 fully saturated rings. The molecular weight excluding hydrogens is 292 g/mol. The number of H-pyrrole nitrogens is 1. The van der Waals surface area contributed by atoms with Crippen molar-refractivity contribution in [3.8, 4) is 11.4 Å². The second kappa shape index (κ2) is 6.07. The maximum Gasteiger partial charge on any atom is 0.216 e. The molecule has 0 aliphatic carbocycles. The van der Waals surface area contributed by atoms with E-state index in [2.05, 4.69) is 47.3 Å². The van der Waals surface area contributed by atoms with Gasteiger partial charge in [0.15, 0.2) is 5.82 Å². The second-order valence-corrected chi connectivity index (χ2v) is 5.52. The minimum atomic E-state index is 0.472. The molecule has 4 nitrogen and oxygen atoms in total. The normalized spacial score (nSPS) is 11.2. The molecule has 5 heteroatoms. The van der Waals surface area contributed by atoms with Crippen LogP contribution in [-0.2, 0) is 0 Å². The van der Waals surface area contributed by atoms with E-state index in [1.807, 2.05) is 36.5 Å². The molecule has 0 radical (unpaired) electrons. The number of nitrogens with one attached hydrogen (secondary N) is 1. The Morgan fingerprint density at radius 1 is 1.14 bits per heavy atom. The van der Waals surface area contributed by atoms with Crippen LogP contribution in [0.4, 0.5) is 0 Å². The van der Waals surface area contributed by atoms with Gasteiger partial charge in [0.25, 0.3) is 0 Å². The van der Waals surface area contributed by atoms with Crippen molar-refractivity contribution in [2.75, 3.05) is 0 Å². The van der Waals surface area contributed by atoms with Crippen molar-refractivity contribution in [2.24, 2.45) is 5.10 Å². The third-order valence-corrected chi connectivity index (χ3v) is 3.68. The molecule has 1 N–H and O–H groups in total. The summed E-state index contributed by atoms with van der Waals surface area (Å²) in [4.78, 5) is 0. The molecule has 0 aliphatic rings. The summed E-state index contributed by atoms with van der Waals surface area (Å²) in [6.45, 7) is 4.15. The summed E-state index contributed by atoms with van der Waals surface area (Å²) < 4.78 is 2.11. The van der Waals surface area contributed by atoms with E-state index in [0.717, 1.165) is 11.1 Å². The number of hydrogen-bond acceptors (Lipinski definition) is 3. The molecule has 0 unspecified atom stereocenters. The fourth-order valence-corrected chi connectivity index (χ4v) is 2.44. The molecular formula is C17H16N4S. The Balaban J connectivity index is 2.01. The highest BCUT2D eigenvalue weighted by atomic mass is 32.1. The predicted octanol–water partition coefficient (Wildman–Crippen LogP) is 4.11. The number of hydrogen-bond donors (Lipinski definition) is 1. The first kappa shape index (κ1) is 14.4. The zero-order valence-electron chi connectivity index (χ0n) is 12.4. The molecule has 1 heterocycles. The van der Waals surface area contributed by atoms with E-state index in [4.69, 9.17) is 12.2 Å². The Morgan fingerprint density at radius 2 is 1.91 bits per heavy atom. The van der Waals surface area contributed by atoms with E-state index in [9.17, 15) is 0 Å². The number of aromatic nitrogens is 3. The lowest BCUT2D eigenvalue weighted by atomic mass is 10.1. The van der Waals surface area contributed by atoms with Crippen molar-refractivity contribution in [1.29, 1.82) is 0 Å². The first-order valence-corrected chi connectivity index (χ1v) is 7.40. The van der Waals surface area contributed by atoms with E-state index in [1.54, 1.807) is 4.68 Å². The van der Waals surface area contributed by atoms with E-state index < -0.39 is 0 Å². The molecule has 0 spiro atoms. The topological polar surface area (TPSA) is 46.0 Å². The van der Waals surface area contributed by atoms with Gasteiger partial charge in [-0.1, -0.05) is 54.1 Å². The van der Waals surface area contributed by atoms with Crippen LogP contribution >= 0.6 is 12.2 Å². The van der Waals surface area contributed by atoms with Crippen molar-refractivity contribution >= 4 is 18.4 Å². The molecule has 2 aromatic carbocycles. The van der Waals surface area contributed by atoms with Gasteiger partial charge in [0.2, 0.25) is 4.77 Å². The van der Waals surface area contributed by atoms with Crippen LogP contribution in [-0.4, -0.2) is 21.1 Å². The smallest absolute Gasteiger partial charge is 0.216 e. The molecule has 3 rings (SSSR count). The van der Waals surface area contributed by atoms with Crippen molar-refractivity contribution in [3.05, 3.63) is 70.0 Å². The summed E-state index contributed by atoms with van der Waals surface area (Å²) in [7, 11) is 0. The largest absolute Gasteiger partial charge is 0.250 e. The predicted molar refractivity (Wildman–Crippen MR) is 91.8 cm³/mol. The molecule has 0 atom stereocenters. The Labute approximate surface area is 134 Å². The highest BCUT2D eigenvalue weighted by Crippen LogP contribution is 2.16. The van der Waals surface area contributed by atoms with Crippen LogP contribution in [0.1, 0.15) is 16.7 Å². The van der Waals surface area contributed by atoms with Gasteiger partial charge in [-0.2, -0.15) is 14.9 Å². The Morgan fingerprint density at radius 3 is 2.64 bits per heavy atom. The van der Waals surface area contributed by atoms with Gasteiger partial charge in [-0.25, -0.2) is 5.10 Å². The molecule has 3 aromatic rings. The molecule has 0 aliphatic heterocycles. The van der Waals surface area contributed by atoms with Gasteiger partial charge in [0.1, 0.15) is 0 Å². The molecule has 0 saturated carbocycles. The minimum Gasteiger partial charge on any atom is -0.250 e. The van der Waals surface area contributed by atoms with Gasteiger partial charge in [-0.3, -0.25) is 0 Å². The van der Waals surface area contributed by atoms with Gasteiger partial charge in [-0.15, -0.1) is 0 Å². The summed E-state index contributed by atoms with van der Waals surface area (Å²) in [5, 5.41) is 11.6. The first-order valence-electron chi connectivity index (χ1n) is 6.99. The van der Waals surface area contributed by atoms with Crippen LogP contribution in [0.15, 0.2) is 53.6 Å². The van der Waals surface area contributed by atoms with Gasteiger partial charge in [0, 0.05) is 5.56 Å². The lowest BCUT2D eigenvalue weighted by Crippen LogP contribution is -1.96. The zero-order chi connectivity index (χ0) is 15.5. The average Bonchev–Trinajstić information content (AvgIpc) is 2.88. The van der Waals surface area contributed by atoms with Crippen molar-refractivity contribution in [2.45, 2.75) is 13.8 Å². The summed E-state index contributed by atoms with van der Waals surface area (Å²) in [5.41, 5.74) is 4.44. The lowest BCUT2D eigenvalue weighted by molar-refractivity contribution is 0.871. The average molecular weight is 308 g/mol. The van der Waals surface area contributed by atoms with Gasteiger partial charge in [-0.05, 0) is 37.2 Å². The third kappa shape index (κ3) is 2.89. The van der Waals surface area contributed by atoms with Crippen LogP contribution in [0.25, 0.3) is 11.4 Å². The molecule has 0 saturated heterocycles. The van der Waals surface area contributed by atoms with E-state index in [-0.39, 0.29) is 0 Å². The monoisotopic (exact) mass is 308 g/mol. The minimum absolute atomic E-state index is 0.472. The number of aryl methyl sites for hydroxylation is 2. The number of rotatable bonds is 3. The number of nitrogens with zero attached hydrogens (tertiary/aromatic N) is 3. The van der Waals surface area contributed by atoms with Crippen LogP contribution < -0.4 is 0 Å². The fraction of sp³-hybridized carbons (Fsp3) is 0.118. The fourth-order valence-electron chi connectivity index (χ4n) is 2.26. The zero-order valence-corrected chi connectivity index (χ0v) is 13.3. The van der Waals surface area contributed by atoms with Crippen molar-refractivity contribution in [3.63, 3.8) is 0 Å². The lowest BCUT2D eigenvalue weighted by Gasteiger charge is -2.03. The standard InChI is InChI=1S/C17H16N4S/c1-12-8-9-15(13(2)10-12)11-18-21-16(19-20-17(21)22)14-6-4-3-5-7-14/h3-11H,1-2H3,(H,20,22)/b18-11+. The summed E-state index contributed by atoms with van der Waals surface area (Å²) >= 11 is 5.27. The number of benzene rings is 2. The molecule has 0 bridgehead atoms. The van der Waals surface area contributed by atoms with Gasteiger partial charge in [0.05, 0.1) is 6.21 Å². The number of aromatic amines is 1. The van der Waals surface area contributed by atoms with Crippen molar-refractivity contribution in [1.82, 2.24) is 14.9 Å². The van der Waals surface area contributed by atoms with Gasteiger partial charge >= 0.3 is 0 Å². The summed E-state index contributed by atoms with van der Waals surface area (Å²) in [5.74, 6) is 0.701. The van der Waals surface area contributed by atoms with Crippen molar-refractivity contribution < 1.29 is 0 Å². The molecule has 22 heavy (non-hydrogen) atoms. The highest BCUT2D eigenvalue weighted by Gasteiger charge is 2.07. The van der Waals surface area contributed by atoms with Crippen LogP contribution in [0.3, 0.4) is 0 Å². The Kier molecular flexibility index (Phi) is 3.98. The molecule has 0 amide bonds. The third-order valence-electron chi connectivity index (χ3n) is 3.42. The highest BCUT2D eigenvalue weighted by molar-refractivity contribution is 7.71. The van der Waals surface area contributed by atoms with E-state index >= 15 is 0 Å². The van der Waals surface area contributed by atoms with Crippen LogP contribution in [0.2, 0.25) is 0 Å². The first-order chi connectivity index (χ1) is 10.6.